The minimum absolute atomic E-state index is 0. The topological polar surface area (TPSA) is 32.3 Å². The number of nitrogens with one attached hydrogen (secondary N) is 1. The fraction of sp³-hybridized carbons (Fsp3) is 0.588. The van der Waals surface area contributed by atoms with Crippen molar-refractivity contribution in [2.75, 3.05) is 26.7 Å². The van der Waals surface area contributed by atoms with Crippen LogP contribution in [0.3, 0.4) is 0 Å². The molecule has 0 aliphatic carbocycles. The largest absolute Gasteiger partial charge is 0.342 e. The number of rotatable bonds is 5. The molecule has 0 radical (unpaired) electrons. The van der Waals surface area contributed by atoms with Crippen LogP contribution >= 0.6 is 12.4 Å². The van der Waals surface area contributed by atoms with Crippen molar-refractivity contribution < 1.29 is 4.79 Å². The van der Waals surface area contributed by atoms with Crippen LogP contribution in [0.5, 0.6) is 0 Å². The molecule has 1 aliphatic heterocycles. The van der Waals surface area contributed by atoms with Crippen molar-refractivity contribution in [1.29, 1.82) is 0 Å². The van der Waals surface area contributed by atoms with Crippen LogP contribution in [0.4, 0.5) is 0 Å². The fourth-order valence-electron chi connectivity index (χ4n) is 2.91. The second kappa shape index (κ2) is 9.06. The molecule has 1 unspecified atom stereocenters. The molecule has 118 valence electrons. The lowest BCUT2D eigenvalue weighted by Gasteiger charge is -2.32. The Morgan fingerprint density at radius 1 is 1.33 bits per heavy atom. The van der Waals surface area contributed by atoms with Crippen molar-refractivity contribution in [3.05, 3.63) is 35.4 Å². The highest BCUT2D eigenvalue weighted by Crippen LogP contribution is 2.17. The molecule has 1 fully saturated rings. The Kier molecular flexibility index (Phi) is 7.76. The van der Waals surface area contributed by atoms with E-state index in [2.05, 4.69) is 41.4 Å². The van der Waals surface area contributed by atoms with Crippen LogP contribution in [0.15, 0.2) is 24.3 Å². The second-order valence-corrected chi connectivity index (χ2v) is 5.89. The smallest absolute Gasteiger partial charge is 0.222 e. The van der Waals surface area contributed by atoms with Crippen LogP contribution in [0.1, 0.15) is 30.4 Å². The highest BCUT2D eigenvalue weighted by atomic mass is 35.5. The van der Waals surface area contributed by atoms with Crippen molar-refractivity contribution in [2.24, 2.45) is 5.92 Å². The Balaban J connectivity index is 0.00000220. The van der Waals surface area contributed by atoms with Gasteiger partial charge in [-0.25, -0.2) is 0 Å². The minimum Gasteiger partial charge on any atom is -0.342 e. The predicted molar refractivity (Wildman–Crippen MR) is 90.0 cm³/mol. The summed E-state index contributed by atoms with van der Waals surface area (Å²) in [5, 5.41) is 3.22. The number of carbonyl (C=O) groups is 1. The van der Waals surface area contributed by atoms with Gasteiger partial charge in [-0.3, -0.25) is 4.79 Å². The average molecular weight is 311 g/mol. The predicted octanol–water partition coefficient (Wildman–Crippen LogP) is 2.81. The number of benzene rings is 1. The van der Waals surface area contributed by atoms with Gasteiger partial charge < -0.3 is 10.2 Å². The van der Waals surface area contributed by atoms with Crippen LogP contribution in [0.2, 0.25) is 0 Å². The van der Waals surface area contributed by atoms with Gasteiger partial charge in [0.25, 0.3) is 0 Å². The van der Waals surface area contributed by atoms with Gasteiger partial charge >= 0.3 is 0 Å². The first-order valence-electron chi connectivity index (χ1n) is 7.67. The molecule has 21 heavy (non-hydrogen) atoms. The summed E-state index contributed by atoms with van der Waals surface area (Å²) in [7, 11) is 1.98. The van der Waals surface area contributed by atoms with Gasteiger partial charge in [-0.2, -0.15) is 0 Å². The van der Waals surface area contributed by atoms with Gasteiger partial charge in [0.05, 0.1) is 0 Å². The molecule has 0 spiro atoms. The van der Waals surface area contributed by atoms with E-state index in [1.807, 2.05) is 7.05 Å². The summed E-state index contributed by atoms with van der Waals surface area (Å²) in [5.41, 5.74) is 2.53. The fourth-order valence-corrected chi connectivity index (χ4v) is 2.91. The van der Waals surface area contributed by atoms with Crippen molar-refractivity contribution >= 4 is 18.3 Å². The first kappa shape index (κ1) is 18.0. The number of halogens is 1. The van der Waals surface area contributed by atoms with Gasteiger partial charge in [0.2, 0.25) is 5.91 Å². The number of hydrogen-bond acceptors (Lipinski definition) is 2. The van der Waals surface area contributed by atoms with Crippen LogP contribution in [-0.2, 0) is 11.2 Å². The number of carbonyl (C=O) groups excluding carboxylic acids is 1. The van der Waals surface area contributed by atoms with Gasteiger partial charge in [-0.1, -0.05) is 29.8 Å². The summed E-state index contributed by atoms with van der Waals surface area (Å²) < 4.78 is 0. The molecule has 4 heteroatoms. The van der Waals surface area contributed by atoms with Gasteiger partial charge in [0.1, 0.15) is 0 Å². The van der Waals surface area contributed by atoms with E-state index in [0.29, 0.717) is 18.2 Å². The Labute approximate surface area is 134 Å². The van der Waals surface area contributed by atoms with E-state index in [1.54, 1.807) is 0 Å². The first-order valence-corrected chi connectivity index (χ1v) is 7.67. The molecular weight excluding hydrogens is 284 g/mol. The number of nitrogens with zero attached hydrogens (tertiary/aromatic N) is 1. The molecular formula is C17H27ClN2O. The molecule has 1 aromatic carbocycles. The van der Waals surface area contributed by atoms with Gasteiger partial charge in [-0.05, 0) is 51.3 Å². The van der Waals surface area contributed by atoms with Crippen LogP contribution in [0, 0.1) is 12.8 Å². The Hall–Kier alpha value is -1.06. The molecule has 1 atom stereocenters. The molecule has 0 aromatic heterocycles. The number of likely N-dealkylation sites (tertiary alicyclic amines) is 1. The molecule has 0 bridgehead atoms. The summed E-state index contributed by atoms with van der Waals surface area (Å²) in [5.74, 6) is 0.934. The SMILES string of the molecule is CNCC1CCCN(C(=O)CCc2ccc(C)cc2)C1.Cl. The summed E-state index contributed by atoms with van der Waals surface area (Å²) in [4.78, 5) is 14.3. The van der Waals surface area contributed by atoms with E-state index in [0.717, 1.165) is 32.5 Å². The van der Waals surface area contributed by atoms with E-state index in [9.17, 15) is 4.79 Å². The van der Waals surface area contributed by atoms with Crippen LogP contribution < -0.4 is 5.32 Å². The maximum atomic E-state index is 12.3. The zero-order valence-corrected chi connectivity index (χ0v) is 13.9. The van der Waals surface area contributed by atoms with Crippen LogP contribution in [-0.4, -0.2) is 37.5 Å². The molecule has 0 saturated carbocycles. The zero-order valence-electron chi connectivity index (χ0n) is 13.1. The van der Waals surface area contributed by atoms with E-state index in [4.69, 9.17) is 0 Å². The average Bonchev–Trinajstić information content (AvgIpc) is 2.47. The first-order chi connectivity index (χ1) is 9.69. The molecule has 2 rings (SSSR count). The zero-order chi connectivity index (χ0) is 14.4. The minimum atomic E-state index is 0. The van der Waals surface area contributed by atoms with Crippen molar-refractivity contribution in [3.63, 3.8) is 0 Å². The van der Waals surface area contributed by atoms with Crippen molar-refractivity contribution in [3.8, 4) is 0 Å². The van der Waals surface area contributed by atoms with E-state index in [-0.39, 0.29) is 12.4 Å². The molecule has 1 N–H and O–H groups in total. The summed E-state index contributed by atoms with van der Waals surface area (Å²) >= 11 is 0. The molecule has 1 aliphatic rings. The number of piperidine rings is 1. The Morgan fingerprint density at radius 3 is 2.71 bits per heavy atom. The van der Waals surface area contributed by atoms with Gasteiger partial charge in [0, 0.05) is 19.5 Å². The third-order valence-corrected chi connectivity index (χ3v) is 4.11. The monoisotopic (exact) mass is 310 g/mol. The number of hydrogen-bond donors (Lipinski definition) is 1. The quantitative estimate of drug-likeness (QED) is 0.907. The number of amides is 1. The van der Waals surface area contributed by atoms with Crippen molar-refractivity contribution in [2.45, 2.75) is 32.6 Å². The lowest BCUT2D eigenvalue weighted by molar-refractivity contribution is -0.132. The van der Waals surface area contributed by atoms with E-state index >= 15 is 0 Å². The molecule has 1 amide bonds. The standard InChI is InChI=1S/C17H26N2O.ClH/c1-14-5-7-15(8-6-14)9-10-17(20)19-11-3-4-16(13-19)12-18-2;/h5-8,16,18H,3-4,9-13H2,1-2H3;1H. The summed E-state index contributed by atoms with van der Waals surface area (Å²) in [6.45, 7) is 4.97. The summed E-state index contributed by atoms with van der Waals surface area (Å²) in [6.07, 6.45) is 3.87. The second-order valence-electron chi connectivity index (χ2n) is 5.89. The number of aryl methyl sites for hydroxylation is 2. The van der Waals surface area contributed by atoms with Gasteiger partial charge in [0.15, 0.2) is 0 Å². The lowest BCUT2D eigenvalue weighted by Crippen LogP contribution is -2.42. The van der Waals surface area contributed by atoms with Crippen LogP contribution in [0.25, 0.3) is 0 Å². The Bertz CT molecular complexity index is 431. The Morgan fingerprint density at radius 2 is 2.05 bits per heavy atom. The summed E-state index contributed by atoms with van der Waals surface area (Å²) in [6, 6.07) is 8.48. The van der Waals surface area contributed by atoms with Crippen molar-refractivity contribution in [1.82, 2.24) is 10.2 Å². The highest BCUT2D eigenvalue weighted by Gasteiger charge is 2.22. The third kappa shape index (κ3) is 5.68. The molecule has 3 nitrogen and oxygen atoms in total. The maximum Gasteiger partial charge on any atom is 0.222 e. The van der Waals surface area contributed by atoms with Gasteiger partial charge in [-0.15, -0.1) is 12.4 Å². The maximum absolute atomic E-state index is 12.3. The molecule has 1 aromatic rings. The highest BCUT2D eigenvalue weighted by molar-refractivity contribution is 5.85. The lowest BCUT2D eigenvalue weighted by atomic mass is 9.97. The third-order valence-electron chi connectivity index (χ3n) is 4.11. The normalized spacial score (nSPS) is 18.2. The molecule has 1 heterocycles. The van der Waals surface area contributed by atoms with E-state index in [1.165, 1.54) is 17.5 Å². The van der Waals surface area contributed by atoms with E-state index < -0.39 is 0 Å². The molecule has 1 saturated heterocycles.